The molecular formula is C27H31N8OS+. The molecule has 0 saturated carbocycles. The van der Waals surface area contributed by atoms with Gasteiger partial charge in [0, 0.05) is 41.4 Å². The van der Waals surface area contributed by atoms with Crippen molar-refractivity contribution in [2.24, 2.45) is 5.73 Å². The Hall–Kier alpha value is -3.89. The first kappa shape index (κ1) is 24.8. The molecule has 1 aliphatic heterocycles. The second-order valence-corrected chi connectivity index (χ2v) is 9.96. The van der Waals surface area contributed by atoms with Crippen LogP contribution in [0.15, 0.2) is 48.2 Å². The maximum absolute atomic E-state index is 13.0. The number of hydrogen-bond donors (Lipinski definition) is 4. The highest BCUT2D eigenvalue weighted by atomic mass is 32.1. The van der Waals surface area contributed by atoms with E-state index in [0.29, 0.717) is 29.2 Å². The number of carbonyl (C=O) groups is 1. The summed E-state index contributed by atoms with van der Waals surface area (Å²) in [6.45, 7) is 2.87. The Bertz CT molecular complexity index is 1470. The summed E-state index contributed by atoms with van der Waals surface area (Å²) in [4.78, 5) is 31.6. The maximum atomic E-state index is 13.0. The van der Waals surface area contributed by atoms with Crippen LogP contribution in [0.3, 0.4) is 0 Å². The first-order valence-corrected chi connectivity index (χ1v) is 13.4. The van der Waals surface area contributed by atoms with Crippen molar-refractivity contribution in [2.75, 3.05) is 37.3 Å². The summed E-state index contributed by atoms with van der Waals surface area (Å²) in [5.41, 5.74) is 12.7. The van der Waals surface area contributed by atoms with Crippen molar-refractivity contribution in [1.29, 1.82) is 0 Å². The zero-order valence-corrected chi connectivity index (χ0v) is 21.6. The van der Waals surface area contributed by atoms with Gasteiger partial charge < -0.3 is 21.3 Å². The Labute approximate surface area is 219 Å². The number of fused-ring (bicyclic) bond motifs is 2. The van der Waals surface area contributed by atoms with Gasteiger partial charge in [-0.2, -0.15) is 0 Å². The van der Waals surface area contributed by atoms with Gasteiger partial charge in [0.25, 0.3) is 0 Å². The summed E-state index contributed by atoms with van der Waals surface area (Å²) in [6.07, 6.45) is 9.15. The van der Waals surface area contributed by atoms with Crippen LogP contribution in [-0.2, 0) is 4.79 Å². The van der Waals surface area contributed by atoms with Gasteiger partial charge in [-0.25, -0.2) is 15.0 Å². The number of aromatic nitrogens is 3. The Balaban J connectivity index is 1.46. The van der Waals surface area contributed by atoms with E-state index in [-0.39, 0.29) is 5.91 Å². The molecule has 0 unspecified atom stereocenters. The first-order chi connectivity index (χ1) is 18.1. The SMILES string of the molecule is C[NH+]=C/C=C(\N)c1cc2ncnc(Nc3ccc4ncsc4c3)c2cc1NC(=O)CCN1CCCCC1. The number of rotatable bonds is 8. The number of amides is 1. The molecule has 1 saturated heterocycles. The fourth-order valence-corrected chi connectivity index (χ4v) is 5.25. The lowest BCUT2D eigenvalue weighted by atomic mass is 10.1. The average Bonchev–Trinajstić information content (AvgIpc) is 3.39. The van der Waals surface area contributed by atoms with Gasteiger partial charge in [0.1, 0.15) is 19.2 Å². The molecule has 1 fully saturated rings. The van der Waals surface area contributed by atoms with Crippen LogP contribution in [0.4, 0.5) is 17.2 Å². The fraction of sp³-hybridized carbons (Fsp3) is 0.296. The molecule has 1 aliphatic rings. The third kappa shape index (κ3) is 5.92. The van der Waals surface area contributed by atoms with E-state index < -0.39 is 0 Å². The number of nitrogens with zero attached hydrogens (tertiary/aromatic N) is 4. The predicted octanol–water partition coefficient (Wildman–Crippen LogP) is 2.88. The van der Waals surface area contributed by atoms with Gasteiger partial charge >= 0.3 is 0 Å². The Morgan fingerprint density at radius 1 is 1.14 bits per heavy atom. The van der Waals surface area contributed by atoms with Crippen LogP contribution in [0, 0.1) is 0 Å². The molecule has 0 bridgehead atoms. The van der Waals surface area contributed by atoms with E-state index in [0.717, 1.165) is 46.4 Å². The van der Waals surface area contributed by atoms with E-state index in [9.17, 15) is 4.79 Å². The number of allylic oxidation sites excluding steroid dienone is 1. The number of likely N-dealkylation sites (tertiary alicyclic amines) is 1. The molecule has 190 valence electrons. The van der Waals surface area contributed by atoms with Crippen molar-refractivity contribution in [1.82, 2.24) is 19.9 Å². The first-order valence-electron chi connectivity index (χ1n) is 12.5. The van der Waals surface area contributed by atoms with Crippen LogP contribution < -0.4 is 21.4 Å². The summed E-state index contributed by atoms with van der Waals surface area (Å²) in [7, 11) is 1.81. The molecule has 2 aromatic heterocycles. The predicted molar refractivity (Wildman–Crippen MR) is 151 cm³/mol. The number of carbonyl (C=O) groups excluding carboxylic acids is 1. The van der Waals surface area contributed by atoms with Crippen molar-refractivity contribution >= 4 is 67.5 Å². The number of piperidine rings is 1. The van der Waals surface area contributed by atoms with Gasteiger partial charge in [-0.05, 0) is 56.3 Å². The standard InChI is InChI=1S/C27H30N8OS/c1-29-9-7-21(28)19-14-23-20(15-24(19)34-26(36)8-12-35-10-3-2-4-11-35)27(31-16-30-23)33-18-5-6-22-25(13-18)37-17-32-22/h5-7,9,13-17H,2-4,8,10-12,28H2,1H3,(H,34,36)(H,30,31,33)/p+1/b21-7-,29-9?. The second kappa shape index (κ2) is 11.4. The summed E-state index contributed by atoms with van der Waals surface area (Å²) in [6, 6.07) is 9.80. The molecular weight excluding hydrogens is 484 g/mol. The number of thiazole rings is 1. The van der Waals surface area contributed by atoms with Crippen LogP contribution in [0.25, 0.3) is 26.8 Å². The Kier molecular flexibility index (Phi) is 7.67. The van der Waals surface area contributed by atoms with E-state index in [1.165, 1.54) is 25.6 Å². The number of anilines is 3. The van der Waals surface area contributed by atoms with Crippen molar-refractivity contribution in [3.05, 3.63) is 53.8 Å². The van der Waals surface area contributed by atoms with Crippen molar-refractivity contribution in [3.63, 3.8) is 0 Å². The number of nitrogens with one attached hydrogen (secondary N) is 3. The molecule has 5 N–H and O–H groups in total. The van der Waals surface area contributed by atoms with E-state index >= 15 is 0 Å². The fourth-order valence-electron chi connectivity index (χ4n) is 4.53. The molecule has 37 heavy (non-hydrogen) atoms. The van der Waals surface area contributed by atoms with Gasteiger partial charge in [-0.15, -0.1) is 11.3 Å². The number of benzene rings is 2. The third-order valence-electron chi connectivity index (χ3n) is 6.49. The highest BCUT2D eigenvalue weighted by Crippen LogP contribution is 2.32. The average molecular weight is 516 g/mol. The molecule has 2 aromatic carbocycles. The van der Waals surface area contributed by atoms with Crippen LogP contribution >= 0.6 is 11.3 Å². The quantitative estimate of drug-likeness (QED) is 0.266. The highest BCUT2D eigenvalue weighted by Gasteiger charge is 2.16. The summed E-state index contributed by atoms with van der Waals surface area (Å²) >= 11 is 1.59. The molecule has 4 aromatic rings. The number of nitrogens with two attached hydrogens (primary N) is 1. The monoisotopic (exact) mass is 515 g/mol. The Morgan fingerprint density at radius 2 is 2.00 bits per heavy atom. The second-order valence-electron chi connectivity index (χ2n) is 9.07. The lowest BCUT2D eigenvalue weighted by Crippen LogP contribution is -2.62. The van der Waals surface area contributed by atoms with Gasteiger partial charge in [0.2, 0.25) is 5.91 Å². The van der Waals surface area contributed by atoms with Crippen molar-refractivity contribution < 1.29 is 9.79 Å². The summed E-state index contributed by atoms with van der Waals surface area (Å²) in [5, 5.41) is 7.29. The van der Waals surface area contributed by atoms with Crippen LogP contribution in [0.5, 0.6) is 0 Å². The highest BCUT2D eigenvalue weighted by molar-refractivity contribution is 7.16. The minimum atomic E-state index is -0.0430. The molecule has 1 amide bonds. The third-order valence-corrected chi connectivity index (χ3v) is 7.28. The maximum Gasteiger partial charge on any atom is 0.225 e. The molecule has 10 heteroatoms. The topological polar surface area (TPSA) is 123 Å². The molecule has 0 radical (unpaired) electrons. The van der Waals surface area contributed by atoms with E-state index in [4.69, 9.17) is 5.73 Å². The van der Waals surface area contributed by atoms with Crippen LogP contribution in [0.1, 0.15) is 31.2 Å². The molecule has 9 nitrogen and oxygen atoms in total. The van der Waals surface area contributed by atoms with Crippen molar-refractivity contribution in [3.8, 4) is 0 Å². The van der Waals surface area contributed by atoms with E-state index in [1.807, 2.05) is 42.9 Å². The van der Waals surface area contributed by atoms with Gasteiger partial charge in [0.05, 0.1) is 26.9 Å². The van der Waals surface area contributed by atoms with Crippen molar-refractivity contribution in [2.45, 2.75) is 25.7 Å². The van der Waals surface area contributed by atoms with Gasteiger partial charge in [-0.3, -0.25) is 9.79 Å². The minimum Gasteiger partial charge on any atom is -0.398 e. The Morgan fingerprint density at radius 3 is 2.84 bits per heavy atom. The minimum absolute atomic E-state index is 0.0430. The van der Waals surface area contributed by atoms with E-state index in [2.05, 4.69) is 35.5 Å². The van der Waals surface area contributed by atoms with Crippen LogP contribution in [-0.4, -0.2) is 58.7 Å². The molecule has 5 rings (SSSR count). The lowest BCUT2D eigenvalue weighted by Gasteiger charge is -2.26. The zero-order valence-electron chi connectivity index (χ0n) is 20.8. The zero-order chi connectivity index (χ0) is 25.6. The normalized spacial score (nSPS) is 15.0. The molecule has 0 spiro atoms. The molecule has 0 aliphatic carbocycles. The summed E-state index contributed by atoms with van der Waals surface area (Å²) in [5.74, 6) is 0.604. The van der Waals surface area contributed by atoms with Crippen LogP contribution in [0.2, 0.25) is 0 Å². The smallest absolute Gasteiger partial charge is 0.225 e. The van der Waals surface area contributed by atoms with Gasteiger partial charge in [0.15, 0.2) is 6.21 Å². The van der Waals surface area contributed by atoms with E-state index in [1.54, 1.807) is 23.6 Å². The lowest BCUT2D eigenvalue weighted by molar-refractivity contribution is -0.413. The van der Waals surface area contributed by atoms with Gasteiger partial charge in [-0.1, -0.05) is 6.42 Å². The molecule has 0 atom stereocenters. The molecule has 3 heterocycles. The summed E-state index contributed by atoms with van der Waals surface area (Å²) < 4.78 is 1.09. The largest absolute Gasteiger partial charge is 0.398 e. The number of hydrogen-bond acceptors (Lipinski definition) is 8.